The van der Waals surface area contributed by atoms with Crippen LogP contribution in [0.25, 0.3) is 76.5 Å². The third-order valence-corrected chi connectivity index (χ3v) is 10.2. The summed E-state index contributed by atoms with van der Waals surface area (Å²) < 4.78 is 8.91. The van der Waals surface area contributed by atoms with Gasteiger partial charge in [-0.1, -0.05) is 167 Å². The van der Waals surface area contributed by atoms with Crippen molar-refractivity contribution in [3.8, 4) is 0 Å². The third-order valence-electron chi connectivity index (χ3n) is 9.00. The Hall–Kier alpha value is -6.22. The molecular formula is C48H36OS. The molecule has 0 spiro atoms. The van der Waals surface area contributed by atoms with Crippen molar-refractivity contribution in [3.05, 3.63) is 205 Å². The van der Waals surface area contributed by atoms with E-state index in [1.54, 1.807) is 17.4 Å². The molecule has 0 radical (unpaired) electrons. The molecule has 7 rings (SSSR count). The molecule has 50 heavy (non-hydrogen) atoms. The monoisotopic (exact) mass is 660 g/mol. The van der Waals surface area contributed by atoms with Crippen LogP contribution < -0.4 is 10.6 Å². The van der Waals surface area contributed by atoms with E-state index in [1.807, 2.05) is 66.8 Å². The number of fused-ring (bicyclic) bond motifs is 8. The van der Waals surface area contributed by atoms with Crippen molar-refractivity contribution in [2.45, 2.75) is 0 Å². The van der Waals surface area contributed by atoms with Crippen molar-refractivity contribution in [2.24, 2.45) is 0 Å². The highest BCUT2D eigenvalue weighted by molar-refractivity contribution is 7.26. The standard InChI is InChI=1S/C48H36OS/c1-7-8-17-32(3)37-18-11-9-10-12-19-38(40-21-14-13-20-39(37)40)33(4)25-24-31(2)34(5)30-44-35(6)49-47-42(44)28-26-36-27-29-43-41-22-15-16-23-45(41)50-48(43)46(36)47/h7-30H,1-6H2/b10-9?,11-9?,12-10?,17-8-,18-11?,19-12?,25-24-,37-18?,38-19?,39-37?,40-38?,44-30+. The zero-order valence-corrected chi connectivity index (χ0v) is 28.7. The maximum absolute atomic E-state index is 6.42. The van der Waals surface area contributed by atoms with E-state index >= 15 is 0 Å². The summed E-state index contributed by atoms with van der Waals surface area (Å²) in [6.45, 7) is 25.6. The van der Waals surface area contributed by atoms with E-state index in [2.05, 4.69) is 112 Å². The van der Waals surface area contributed by atoms with Gasteiger partial charge >= 0.3 is 0 Å². The first kappa shape index (κ1) is 32.3. The summed E-state index contributed by atoms with van der Waals surface area (Å²) in [7, 11) is 0. The molecule has 2 heteroatoms. The predicted molar refractivity (Wildman–Crippen MR) is 222 cm³/mol. The topological polar surface area (TPSA) is 13.1 Å². The molecular weight excluding hydrogens is 625 g/mol. The first-order chi connectivity index (χ1) is 24.4. The van der Waals surface area contributed by atoms with Gasteiger partial charge in [-0.25, -0.2) is 0 Å². The van der Waals surface area contributed by atoms with E-state index in [0.29, 0.717) is 5.42 Å². The Morgan fingerprint density at radius 2 is 1.18 bits per heavy atom. The Bertz CT molecular complexity index is 2810. The van der Waals surface area contributed by atoms with Crippen LogP contribution in [0.15, 0.2) is 188 Å². The molecule has 5 aromatic carbocycles. The second kappa shape index (κ2) is 13.7. The average Bonchev–Trinajstić information content (AvgIpc) is 3.67. The zero-order chi connectivity index (χ0) is 34.8. The van der Waals surface area contributed by atoms with Gasteiger partial charge in [0, 0.05) is 36.2 Å². The van der Waals surface area contributed by atoms with Crippen LogP contribution in [0.5, 0.6) is 0 Å². The van der Waals surface area contributed by atoms with E-state index in [-0.39, 0.29) is 0 Å². The summed E-state index contributed by atoms with van der Waals surface area (Å²) in [6, 6.07) is 37.8. The van der Waals surface area contributed by atoms with E-state index in [4.69, 9.17) is 4.42 Å². The number of allylic oxidation sites excluding steroid dienone is 9. The molecule has 0 aliphatic rings. The molecule has 0 unspecified atom stereocenters. The minimum Gasteiger partial charge on any atom is -0.456 e. The number of thiophene rings is 1. The smallest absolute Gasteiger partial charge is 0.144 e. The van der Waals surface area contributed by atoms with Crippen molar-refractivity contribution in [1.82, 2.24) is 0 Å². The van der Waals surface area contributed by atoms with Gasteiger partial charge in [-0.15, -0.1) is 11.3 Å². The Morgan fingerprint density at radius 3 is 1.86 bits per heavy atom. The molecule has 0 bridgehead atoms. The summed E-state index contributed by atoms with van der Waals surface area (Å²) in [5.74, 6) is 0. The van der Waals surface area contributed by atoms with Crippen LogP contribution in [0.1, 0.15) is 11.1 Å². The highest BCUT2D eigenvalue weighted by Gasteiger charge is 2.14. The van der Waals surface area contributed by atoms with E-state index < -0.39 is 0 Å². The predicted octanol–water partition coefficient (Wildman–Crippen LogP) is 12.6. The van der Waals surface area contributed by atoms with Gasteiger partial charge in [-0.3, -0.25) is 0 Å². The lowest BCUT2D eigenvalue weighted by atomic mass is 9.95. The summed E-state index contributed by atoms with van der Waals surface area (Å²) in [4.78, 5) is 0. The second-order valence-electron chi connectivity index (χ2n) is 12.2. The lowest BCUT2D eigenvalue weighted by Gasteiger charge is -2.09. The summed E-state index contributed by atoms with van der Waals surface area (Å²) >= 11 is 1.80. The molecule has 0 saturated heterocycles. The van der Waals surface area contributed by atoms with Gasteiger partial charge in [0.1, 0.15) is 11.0 Å². The van der Waals surface area contributed by atoms with Gasteiger partial charge in [0.2, 0.25) is 0 Å². The molecule has 0 amide bonds. The molecule has 0 atom stereocenters. The van der Waals surface area contributed by atoms with Gasteiger partial charge in [-0.2, -0.15) is 0 Å². The zero-order valence-electron chi connectivity index (χ0n) is 27.9. The van der Waals surface area contributed by atoms with Crippen molar-refractivity contribution in [1.29, 1.82) is 0 Å². The van der Waals surface area contributed by atoms with Crippen molar-refractivity contribution in [2.75, 3.05) is 0 Å². The van der Waals surface area contributed by atoms with Crippen LogP contribution in [0.3, 0.4) is 0 Å². The highest BCUT2D eigenvalue weighted by Crippen LogP contribution is 2.40. The second-order valence-corrected chi connectivity index (χ2v) is 13.2. The third kappa shape index (κ3) is 5.98. The Balaban J connectivity index is 1.26. The van der Waals surface area contributed by atoms with Crippen LogP contribution in [-0.2, 0) is 0 Å². The molecule has 0 aliphatic heterocycles. The molecule has 7 aromatic rings. The van der Waals surface area contributed by atoms with Crippen LogP contribution in [0.2, 0.25) is 0 Å². The van der Waals surface area contributed by atoms with Crippen LogP contribution >= 0.6 is 11.3 Å². The first-order valence-electron chi connectivity index (χ1n) is 16.4. The quantitative estimate of drug-likeness (QED) is 0.148. The number of benzene rings is 4. The molecule has 2 heterocycles. The van der Waals surface area contributed by atoms with Gasteiger partial charge in [-0.05, 0) is 67.8 Å². The summed E-state index contributed by atoms with van der Waals surface area (Å²) in [5.41, 5.74) is 6.74. The lowest BCUT2D eigenvalue weighted by molar-refractivity contribution is 0.580. The van der Waals surface area contributed by atoms with Crippen molar-refractivity contribution >= 4 is 87.8 Å². The molecule has 0 fully saturated rings. The highest BCUT2D eigenvalue weighted by atomic mass is 32.1. The Morgan fingerprint density at radius 1 is 0.580 bits per heavy atom. The maximum Gasteiger partial charge on any atom is 0.144 e. The minimum atomic E-state index is 0.602. The molecule has 1 nitrogen and oxygen atoms in total. The lowest BCUT2D eigenvalue weighted by Crippen LogP contribution is -2.18. The number of hydrogen-bond donors (Lipinski definition) is 0. The number of furan rings is 1. The number of hydrogen-bond acceptors (Lipinski definition) is 2. The Kier molecular flexibility index (Phi) is 8.87. The van der Waals surface area contributed by atoms with Crippen molar-refractivity contribution < 1.29 is 4.42 Å². The largest absolute Gasteiger partial charge is 0.456 e. The summed E-state index contributed by atoms with van der Waals surface area (Å²) in [6.07, 6.45) is 11.6. The fourth-order valence-electron chi connectivity index (χ4n) is 6.43. The molecule has 0 saturated carbocycles. The fraction of sp³-hybridized carbons (Fsp3) is 0. The van der Waals surface area contributed by atoms with Crippen molar-refractivity contribution in [3.63, 3.8) is 0 Å². The number of rotatable bonds is 8. The first-order valence-corrected chi connectivity index (χ1v) is 17.2. The molecule has 2 aromatic heterocycles. The van der Waals surface area contributed by atoms with Crippen LogP contribution in [0.4, 0.5) is 0 Å². The summed E-state index contributed by atoms with van der Waals surface area (Å²) in [5, 5.41) is 8.81. The van der Waals surface area contributed by atoms with Crippen LogP contribution in [-0.4, -0.2) is 0 Å². The fourth-order valence-corrected chi connectivity index (χ4v) is 7.68. The SMILES string of the molecule is C=C/C=C\C(=C)c1ccccccc(C(=C)/C=C\C(=C)C(=C)/C=c2\c(=C)oc3c2ccc2ccc4c5ccccc5sc4c23)c2ccccc12. The van der Waals surface area contributed by atoms with Crippen LogP contribution in [0, 0.1) is 0 Å². The minimum absolute atomic E-state index is 0.602. The van der Waals surface area contributed by atoms with E-state index in [9.17, 15) is 0 Å². The van der Waals surface area contributed by atoms with E-state index in [1.165, 1.54) is 20.2 Å². The molecule has 0 N–H and O–H groups in total. The van der Waals surface area contributed by atoms with Gasteiger partial charge < -0.3 is 4.42 Å². The normalized spacial score (nSPS) is 12.0. The van der Waals surface area contributed by atoms with E-state index in [0.717, 1.165) is 71.2 Å². The van der Waals surface area contributed by atoms with Gasteiger partial charge in [0.05, 0.1) is 0 Å². The maximum atomic E-state index is 6.42. The Labute approximate surface area is 296 Å². The average molecular weight is 661 g/mol. The molecule has 240 valence electrons. The van der Waals surface area contributed by atoms with Gasteiger partial charge in [0.15, 0.2) is 0 Å². The molecule has 0 aliphatic carbocycles. The van der Waals surface area contributed by atoms with Gasteiger partial charge in [0.25, 0.3) is 0 Å².